The molecule has 2 N–H and O–H groups in total. The Kier molecular flexibility index (Phi) is 7.25. The number of anilines is 3. The predicted molar refractivity (Wildman–Crippen MR) is 139 cm³/mol. The first kappa shape index (κ1) is 26.6. The summed E-state index contributed by atoms with van der Waals surface area (Å²) in [5, 5.41) is 6.50. The molecule has 0 aliphatic carbocycles. The average molecular weight is 516 g/mol. The highest BCUT2D eigenvalue weighted by molar-refractivity contribution is 5.77. The lowest BCUT2D eigenvalue weighted by atomic mass is 10.1. The number of alkyl halides is 2. The third-order valence-corrected chi connectivity index (χ3v) is 5.80. The highest BCUT2D eigenvalue weighted by Gasteiger charge is 2.30. The van der Waals surface area contributed by atoms with Crippen molar-refractivity contribution < 1.29 is 18.3 Å². The molecule has 1 amide bonds. The van der Waals surface area contributed by atoms with E-state index in [1.165, 1.54) is 12.1 Å². The number of amides is 1. The molecule has 0 bridgehead atoms. The number of fused-ring (bicyclic) bond motifs is 1. The smallest absolute Gasteiger partial charge is 0.410 e. The number of nitrogens with zero attached hydrogens (tertiary/aromatic N) is 5. The minimum absolute atomic E-state index is 0.0261. The maximum absolute atomic E-state index is 13.3. The fourth-order valence-electron chi connectivity index (χ4n) is 4.23. The van der Waals surface area contributed by atoms with Crippen molar-refractivity contribution in [2.24, 2.45) is 0 Å². The number of piperidine rings is 1. The Bertz CT molecular complexity index is 1260. The van der Waals surface area contributed by atoms with Crippen molar-refractivity contribution in [1.82, 2.24) is 24.4 Å². The maximum Gasteiger partial charge on any atom is 0.410 e. The molecular weight excluding hydrogens is 480 g/mol. The van der Waals surface area contributed by atoms with Gasteiger partial charge in [0.25, 0.3) is 6.43 Å². The van der Waals surface area contributed by atoms with Crippen molar-refractivity contribution in [3.05, 3.63) is 36.0 Å². The lowest BCUT2D eigenvalue weighted by Gasteiger charge is -2.34. The SMILES string of the molecule is CC(C)(C)Nc1ncc2nc(Nc3cccc(C(F)F)c3)n(C3CCN(C(=O)OC(C)(C)C)CC3)c2n1. The van der Waals surface area contributed by atoms with Crippen molar-refractivity contribution in [2.75, 3.05) is 23.7 Å². The molecule has 3 aromatic rings. The summed E-state index contributed by atoms with van der Waals surface area (Å²) >= 11 is 0. The number of imidazole rings is 1. The van der Waals surface area contributed by atoms with E-state index in [0.29, 0.717) is 54.7 Å². The molecule has 11 heteroatoms. The number of aromatic nitrogens is 4. The van der Waals surface area contributed by atoms with Crippen LogP contribution in [-0.4, -0.2) is 54.7 Å². The number of halogens is 2. The van der Waals surface area contributed by atoms with Crippen LogP contribution < -0.4 is 10.6 Å². The van der Waals surface area contributed by atoms with Gasteiger partial charge in [-0.1, -0.05) is 12.1 Å². The Morgan fingerprint density at radius 2 is 1.81 bits per heavy atom. The van der Waals surface area contributed by atoms with Crippen LogP contribution in [0.2, 0.25) is 0 Å². The number of hydrogen-bond donors (Lipinski definition) is 2. The van der Waals surface area contributed by atoms with Crippen LogP contribution in [0.4, 0.5) is 31.2 Å². The predicted octanol–water partition coefficient (Wildman–Crippen LogP) is 6.29. The summed E-state index contributed by atoms with van der Waals surface area (Å²) < 4.78 is 34.1. The molecule has 200 valence electrons. The van der Waals surface area contributed by atoms with Gasteiger partial charge in [-0.3, -0.25) is 4.57 Å². The van der Waals surface area contributed by atoms with Gasteiger partial charge in [0.2, 0.25) is 11.9 Å². The van der Waals surface area contributed by atoms with Crippen LogP contribution in [0.5, 0.6) is 0 Å². The number of ether oxygens (including phenoxy) is 1. The van der Waals surface area contributed by atoms with Crippen LogP contribution in [-0.2, 0) is 4.74 Å². The van der Waals surface area contributed by atoms with Crippen molar-refractivity contribution in [3.8, 4) is 0 Å². The summed E-state index contributed by atoms with van der Waals surface area (Å²) in [5.74, 6) is 0.956. The van der Waals surface area contributed by atoms with Crippen LogP contribution in [0.25, 0.3) is 11.2 Å². The molecule has 9 nitrogen and oxygen atoms in total. The fourth-order valence-corrected chi connectivity index (χ4v) is 4.23. The minimum Gasteiger partial charge on any atom is -0.444 e. The van der Waals surface area contributed by atoms with Crippen LogP contribution in [0.3, 0.4) is 0 Å². The number of rotatable bonds is 5. The van der Waals surface area contributed by atoms with Crippen molar-refractivity contribution in [1.29, 1.82) is 0 Å². The third kappa shape index (κ3) is 6.64. The van der Waals surface area contributed by atoms with Crippen molar-refractivity contribution in [2.45, 2.75) is 78.0 Å². The molecule has 0 radical (unpaired) electrons. The molecule has 1 fully saturated rings. The summed E-state index contributed by atoms with van der Waals surface area (Å²) in [5.41, 5.74) is 0.836. The largest absolute Gasteiger partial charge is 0.444 e. The number of carbonyl (C=O) groups is 1. The molecule has 0 atom stereocenters. The zero-order valence-corrected chi connectivity index (χ0v) is 22.2. The van der Waals surface area contributed by atoms with Crippen molar-refractivity contribution >= 4 is 34.8 Å². The van der Waals surface area contributed by atoms with Gasteiger partial charge < -0.3 is 20.3 Å². The maximum atomic E-state index is 13.3. The van der Waals surface area contributed by atoms with Gasteiger partial charge in [0.15, 0.2) is 5.65 Å². The molecule has 4 rings (SSSR count). The molecule has 0 spiro atoms. The van der Waals surface area contributed by atoms with E-state index in [2.05, 4.69) is 15.6 Å². The van der Waals surface area contributed by atoms with Gasteiger partial charge in [-0.25, -0.2) is 23.5 Å². The summed E-state index contributed by atoms with van der Waals surface area (Å²) in [6.07, 6.45) is 0.0614. The van der Waals surface area contributed by atoms with Crippen molar-refractivity contribution in [3.63, 3.8) is 0 Å². The molecule has 1 aliphatic rings. The molecule has 3 heterocycles. The monoisotopic (exact) mass is 515 g/mol. The normalized spacial score (nSPS) is 15.3. The van der Waals surface area contributed by atoms with E-state index in [9.17, 15) is 13.6 Å². The average Bonchev–Trinajstić information content (AvgIpc) is 3.14. The first-order chi connectivity index (χ1) is 17.3. The van der Waals surface area contributed by atoms with Crippen LogP contribution in [0, 0.1) is 0 Å². The van der Waals surface area contributed by atoms with Gasteiger partial charge in [-0.05, 0) is 66.5 Å². The van der Waals surface area contributed by atoms with E-state index in [1.807, 2.05) is 46.1 Å². The molecule has 1 aliphatic heterocycles. The Morgan fingerprint density at radius 1 is 1.11 bits per heavy atom. The second-order valence-electron chi connectivity index (χ2n) is 11.3. The third-order valence-electron chi connectivity index (χ3n) is 5.80. The Balaban J connectivity index is 1.67. The number of benzene rings is 1. The second kappa shape index (κ2) is 10.1. The van der Waals surface area contributed by atoms with Crippen LogP contribution in [0.15, 0.2) is 30.5 Å². The molecule has 1 saturated heterocycles. The zero-order chi connectivity index (χ0) is 27.0. The molecule has 1 aromatic carbocycles. The molecule has 37 heavy (non-hydrogen) atoms. The molecular formula is C26H35F2N7O2. The van der Waals surface area contributed by atoms with Gasteiger partial charge in [-0.2, -0.15) is 4.98 Å². The molecule has 0 unspecified atom stereocenters. The van der Waals surface area contributed by atoms with E-state index in [0.717, 1.165) is 0 Å². The van der Waals surface area contributed by atoms with Gasteiger partial charge in [0.05, 0.1) is 6.20 Å². The zero-order valence-electron chi connectivity index (χ0n) is 22.2. The minimum atomic E-state index is -2.57. The number of nitrogens with one attached hydrogen (secondary N) is 2. The quantitative estimate of drug-likeness (QED) is 0.412. The Hall–Kier alpha value is -3.50. The summed E-state index contributed by atoms with van der Waals surface area (Å²) in [6.45, 7) is 12.6. The van der Waals surface area contributed by atoms with E-state index in [1.54, 1.807) is 23.2 Å². The van der Waals surface area contributed by atoms with Gasteiger partial charge in [0.1, 0.15) is 11.1 Å². The van der Waals surface area contributed by atoms with E-state index in [-0.39, 0.29) is 23.2 Å². The molecule has 0 saturated carbocycles. The lowest BCUT2D eigenvalue weighted by Crippen LogP contribution is -2.42. The van der Waals surface area contributed by atoms with Gasteiger partial charge in [0, 0.05) is 35.9 Å². The summed E-state index contributed by atoms with van der Waals surface area (Å²) in [4.78, 5) is 28.2. The fraction of sp³-hybridized carbons (Fsp3) is 0.538. The van der Waals surface area contributed by atoms with E-state index < -0.39 is 12.0 Å². The molecule has 2 aromatic heterocycles. The number of likely N-dealkylation sites (tertiary alicyclic amines) is 1. The Labute approximate surface area is 215 Å². The number of carbonyl (C=O) groups excluding carboxylic acids is 1. The topological polar surface area (TPSA) is 97.2 Å². The van der Waals surface area contributed by atoms with Crippen LogP contribution in [0.1, 0.15) is 72.4 Å². The first-order valence-corrected chi connectivity index (χ1v) is 12.5. The number of hydrogen-bond acceptors (Lipinski definition) is 7. The second-order valence-corrected chi connectivity index (χ2v) is 11.3. The van der Waals surface area contributed by atoms with E-state index in [4.69, 9.17) is 14.7 Å². The summed E-state index contributed by atoms with van der Waals surface area (Å²) in [6, 6.07) is 6.08. The standard InChI is InChI=1S/C26H35F2N7O2/c1-25(2,3)33-22-29-15-19-21(32-22)35(18-10-12-34(13-11-18)24(36)37-26(4,5)6)23(31-19)30-17-9-7-8-16(14-17)20(27)28/h7-9,14-15,18,20H,10-13H2,1-6H3,(H,30,31)(H,29,32,33). The Morgan fingerprint density at radius 3 is 2.43 bits per heavy atom. The summed E-state index contributed by atoms with van der Waals surface area (Å²) in [7, 11) is 0. The highest BCUT2D eigenvalue weighted by atomic mass is 19.3. The lowest BCUT2D eigenvalue weighted by molar-refractivity contribution is 0.0190. The first-order valence-electron chi connectivity index (χ1n) is 12.5. The van der Waals surface area contributed by atoms with Gasteiger partial charge >= 0.3 is 6.09 Å². The van der Waals surface area contributed by atoms with Gasteiger partial charge in [-0.15, -0.1) is 0 Å². The highest BCUT2D eigenvalue weighted by Crippen LogP contribution is 2.33. The van der Waals surface area contributed by atoms with E-state index >= 15 is 0 Å². The van der Waals surface area contributed by atoms with Crippen LogP contribution >= 0.6 is 0 Å².